The molecule has 0 spiro atoms. The van der Waals surface area contributed by atoms with E-state index in [1.54, 1.807) is 6.92 Å². The number of hydrogen-bond acceptors (Lipinski definition) is 3. The fraction of sp³-hybridized carbons (Fsp3) is 0.889. The number of rotatable bonds is 7. The lowest BCUT2D eigenvalue weighted by atomic mass is 10.2. The maximum absolute atomic E-state index is 10.5. The predicted molar refractivity (Wildman–Crippen MR) is 45.1 cm³/mol. The molecule has 0 radical (unpaired) electrons. The van der Waals surface area contributed by atoms with E-state index < -0.39 is 0 Å². The molecule has 1 aliphatic heterocycles. The summed E-state index contributed by atoms with van der Waals surface area (Å²) >= 11 is 0. The summed E-state index contributed by atoms with van der Waals surface area (Å²) in [6.45, 7) is 3.96. The molecule has 1 heterocycles. The van der Waals surface area contributed by atoms with Gasteiger partial charge in [0.25, 0.3) is 0 Å². The minimum atomic E-state index is 0.264. The number of unbranched alkanes of at least 4 members (excludes halogenated alkanes) is 1. The molecule has 12 heavy (non-hydrogen) atoms. The van der Waals surface area contributed by atoms with Crippen LogP contribution in [0.15, 0.2) is 0 Å². The van der Waals surface area contributed by atoms with Gasteiger partial charge in [0.1, 0.15) is 11.9 Å². The number of hydrogen-bond donors (Lipinski definition) is 0. The molecular weight excluding hydrogens is 156 g/mol. The van der Waals surface area contributed by atoms with Crippen molar-refractivity contribution < 1.29 is 14.3 Å². The molecule has 3 nitrogen and oxygen atoms in total. The lowest BCUT2D eigenvalue weighted by Gasteiger charge is -2.00. The third-order valence-electron chi connectivity index (χ3n) is 1.77. The van der Waals surface area contributed by atoms with Crippen molar-refractivity contribution in [3.05, 3.63) is 0 Å². The van der Waals surface area contributed by atoms with Crippen LogP contribution in [0.2, 0.25) is 0 Å². The second-order valence-corrected chi connectivity index (χ2v) is 3.19. The highest BCUT2D eigenvalue weighted by atomic mass is 16.6. The van der Waals surface area contributed by atoms with Gasteiger partial charge in [0.15, 0.2) is 0 Å². The van der Waals surface area contributed by atoms with Crippen molar-refractivity contribution in [3.63, 3.8) is 0 Å². The smallest absolute Gasteiger partial charge is 0.129 e. The summed E-state index contributed by atoms with van der Waals surface area (Å²) in [5, 5.41) is 0. The molecule has 0 bridgehead atoms. The van der Waals surface area contributed by atoms with Crippen molar-refractivity contribution >= 4 is 5.78 Å². The molecule has 1 atom stereocenters. The van der Waals surface area contributed by atoms with Gasteiger partial charge in [0.2, 0.25) is 0 Å². The van der Waals surface area contributed by atoms with Crippen LogP contribution in [0.1, 0.15) is 26.2 Å². The lowest BCUT2D eigenvalue weighted by molar-refractivity contribution is -0.117. The minimum absolute atomic E-state index is 0.264. The van der Waals surface area contributed by atoms with E-state index >= 15 is 0 Å². The third kappa shape index (κ3) is 5.27. The largest absolute Gasteiger partial charge is 0.379 e. The summed E-state index contributed by atoms with van der Waals surface area (Å²) in [7, 11) is 0. The normalized spacial score (nSPS) is 20.9. The summed E-state index contributed by atoms with van der Waals surface area (Å²) in [5.74, 6) is 0.264. The van der Waals surface area contributed by atoms with Gasteiger partial charge in [0, 0.05) is 13.0 Å². The van der Waals surface area contributed by atoms with Gasteiger partial charge in [-0.1, -0.05) is 0 Å². The van der Waals surface area contributed by atoms with Gasteiger partial charge >= 0.3 is 0 Å². The van der Waals surface area contributed by atoms with Crippen LogP contribution in [0.5, 0.6) is 0 Å². The lowest BCUT2D eigenvalue weighted by Crippen LogP contribution is -2.03. The van der Waals surface area contributed by atoms with E-state index in [9.17, 15) is 4.79 Å². The summed E-state index contributed by atoms with van der Waals surface area (Å²) in [6, 6.07) is 0. The van der Waals surface area contributed by atoms with E-state index in [2.05, 4.69) is 0 Å². The first-order chi connectivity index (χ1) is 5.79. The second-order valence-electron chi connectivity index (χ2n) is 3.19. The number of epoxide rings is 1. The van der Waals surface area contributed by atoms with Gasteiger partial charge in [-0.15, -0.1) is 0 Å². The first-order valence-electron chi connectivity index (χ1n) is 4.48. The Morgan fingerprint density at radius 3 is 2.92 bits per heavy atom. The average molecular weight is 172 g/mol. The average Bonchev–Trinajstić information content (AvgIpc) is 2.79. The molecule has 70 valence electrons. The Hall–Kier alpha value is -0.410. The van der Waals surface area contributed by atoms with E-state index in [-0.39, 0.29) is 5.78 Å². The molecule has 1 fully saturated rings. The number of ketones is 1. The molecule has 0 aromatic carbocycles. The number of Topliss-reactive ketones (excluding diaryl/α,β-unsaturated/α-hetero) is 1. The predicted octanol–water partition coefficient (Wildman–Crippen LogP) is 1.16. The van der Waals surface area contributed by atoms with Crippen molar-refractivity contribution in [2.75, 3.05) is 19.8 Å². The molecule has 0 N–H and O–H groups in total. The highest BCUT2D eigenvalue weighted by Crippen LogP contribution is 2.08. The topological polar surface area (TPSA) is 38.8 Å². The van der Waals surface area contributed by atoms with Crippen LogP contribution in [0.25, 0.3) is 0 Å². The molecule has 0 aromatic rings. The van der Waals surface area contributed by atoms with E-state index in [1.165, 1.54) is 0 Å². The quantitative estimate of drug-likeness (QED) is 0.427. The Morgan fingerprint density at radius 2 is 2.33 bits per heavy atom. The van der Waals surface area contributed by atoms with Crippen LogP contribution in [0.3, 0.4) is 0 Å². The number of carbonyl (C=O) groups excluding carboxylic acids is 1. The van der Waals surface area contributed by atoms with Crippen molar-refractivity contribution in [2.45, 2.75) is 32.3 Å². The van der Waals surface area contributed by atoms with Crippen LogP contribution in [-0.2, 0) is 14.3 Å². The summed E-state index contributed by atoms with van der Waals surface area (Å²) in [5.41, 5.74) is 0. The molecule has 1 saturated heterocycles. The maximum Gasteiger partial charge on any atom is 0.129 e. The second kappa shape index (κ2) is 5.27. The highest BCUT2D eigenvalue weighted by molar-refractivity contribution is 5.75. The Bertz CT molecular complexity index is 141. The molecule has 3 heteroatoms. The summed E-state index contributed by atoms with van der Waals surface area (Å²) in [4.78, 5) is 10.5. The highest BCUT2D eigenvalue weighted by Gasteiger charge is 2.21. The SMILES string of the molecule is CC(=O)CCCCOCC1CO1. The van der Waals surface area contributed by atoms with Gasteiger partial charge in [0.05, 0.1) is 13.2 Å². The molecule has 0 saturated carbocycles. The molecule has 0 amide bonds. The van der Waals surface area contributed by atoms with Crippen LogP contribution >= 0.6 is 0 Å². The molecule has 1 unspecified atom stereocenters. The van der Waals surface area contributed by atoms with Gasteiger partial charge in [-0.3, -0.25) is 0 Å². The first kappa shape index (κ1) is 9.68. The van der Waals surface area contributed by atoms with E-state index in [4.69, 9.17) is 9.47 Å². The minimum Gasteiger partial charge on any atom is -0.379 e. The van der Waals surface area contributed by atoms with Gasteiger partial charge in [-0.05, 0) is 19.8 Å². The van der Waals surface area contributed by atoms with Crippen molar-refractivity contribution in [2.24, 2.45) is 0 Å². The Balaban J connectivity index is 1.73. The van der Waals surface area contributed by atoms with Crippen LogP contribution in [0.4, 0.5) is 0 Å². The maximum atomic E-state index is 10.5. The fourth-order valence-corrected chi connectivity index (χ4v) is 0.957. The molecule has 1 aliphatic rings. The zero-order chi connectivity index (χ0) is 8.81. The summed E-state index contributed by atoms with van der Waals surface area (Å²) in [6.07, 6.45) is 2.97. The molecule has 0 aliphatic carbocycles. The van der Waals surface area contributed by atoms with E-state index in [1.807, 2.05) is 0 Å². The monoisotopic (exact) mass is 172 g/mol. The molecule has 1 rings (SSSR count). The van der Waals surface area contributed by atoms with Crippen LogP contribution in [0, 0.1) is 0 Å². The zero-order valence-corrected chi connectivity index (χ0v) is 7.54. The van der Waals surface area contributed by atoms with Crippen molar-refractivity contribution in [3.8, 4) is 0 Å². The molecular formula is C9H16O3. The number of carbonyl (C=O) groups is 1. The Morgan fingerprint density at radius 1 is 1.58 bits per heavy atom. The Labute approximate surface area is 73.0 Å². The third-order valence-corrected chi connectivity index (χ3v) is 1.77. The van der Waals surface area contributed by atoms with Gasteiger partial charge in [-0.25, -0.2) is 0 Å². The van der Waals surface area contributed by atoms with Crippen molar-refractivity contribution in [1.29, 1.82) is 0 Å². The van der Waals surface area contributed by atoms with Gasteiger partial charge in [-0.2, -0.15) is 0 Å². The first-order valence-corrected chi connectivity index (χ1v) is 4.48. The zero-order valence-electron chi connectivity index (χ0n) is 7.54. The standard InChI is InChI=1S/C9H16O3/c1-8(10)4-2-3-5-11-6-9-7-12-9/h9H,2-7H2,1H3. The molecule has 0 aromatic heterocycles. The van der Waals surface area contributed by atoms with Crippen LogP contribution in [-0.4, -0.2) is 31.7 Å². The fourth-order valence-electron chi connectivity index (χ4n) is 0.957. The van der Waals surface area contributed by atoms with Crippen molar-refractivity contribution in [1.82, 2.24) is 0 Å². The van der Waals surface area contributed by atoms with E-state index in [0.717, 1.165) is 32.7 Å². The van der Waals surface area contributed by atoms with Gasteiger partial charge < -0.3 is 14.3 Å². The van der Waals surface area contributed by atoms with Crippen LogP contribution < -0.4 is 0 Å². The number of ether oxygens (including phenoxy) is 2. The Kier molecular flexibility index (Phi) is 4.25. The summed E-state index contributed by atoms with van der Waals surface area (Å²) < 4.78 is 10.3. The van der Waals surface area contributed by atoms with E-state index in [0.29, 0.717) is 12.5 Å².